The van der Waals surface area contributed by atoms with Crippen LogP contribution in [0.1, 0.15) is 20.3 Å². The topological polar surface area (TPSA) is 55.0 Å². The maximum atomic E-state index is 5.47. The fourth-order valence-corrected chi connectivity index (χ4v) is 1.82. The minimum atomic E-state index is 0.458. The van der Waals surface area contributed by atoms with Crippen LogP contribution in [0.25, 0.3) is 0 Å². The van der Waals surface area contributed by atoms with Crippen LogP contribution in [0.2, 0.25) is 0 Å². The minimum Gasteiger partial charge on any atom is -0.344 e. The summed E-state index contributed by atoms with van der Waals surface area (Å²) in [5, 5.41) is 0.989. The van der Waals surface area contributed by atoms with E-state index in [0.29, 0.717) is 6.04 Å². The van der Waals surface area contributed by atoms with E-state index in [-0.39, 0.29) is 0 Å². The van der Waals surface area contributed by atoms with Crippen molar-refractivity contribution in [2.24, 2.45) is 5.73 Å². The zero-order valence-corrected chi connectivity index (χ0v) is 8.92. The number of nitrogens with zero attached hydrogens (tertiary/aromatic N) is 3. The standard InChI is InChI=1S/C8H16N4S/c1-7(2)12(5-3-4-9)8-10-6-11-13-8/h6-7H,3-5,9H2,1-2H3. The number of nitrogens with two attached hydrogens (primary N) is 1. The summed E-state index contributed by atoms with van der Waals surface area (Å²) < 4.78 is 3.99. The molecule has 0 aliphatic rings. The van der Waals surface area contributed by atoms with E-state index in [1.54, 1.807) is 6.33 Å². The molecule has 5 heteroatoms. The van der Waals surface area contributed by atoms with Crippen molar-refractivity contribution in [2.45, 2.75) is 26.3 Å². The molecule has 0 aromatic carbocycles. The molecule has 0 saturated carbocycles. The smallest absolute Gasteiger partial charge is 0.205 e. The van der Waals surface area contributed by atoms with Crippen molar-refractivity contribution in [3.05, 3.63) is 6.33 Å². The van der Waals surface area contributed by atoms with E-state index in [9.17, 15) is 0 Å². The molecule has 0 aliphatic heterocycles. The van der Waals surface area contributed by atoms with Crippen LogP contribution in [0, 0.1) is 0 Å². The first-order chi connectivity index (χ1) is 6.25. The van der Waals surface area contributed by atoms with E-state index < -0.39 is 0 Å². The number of aromatic nitrogens is 2. The molecular weight excluding hydrogens is 184 g/mol. The first-order valence-corrected chi connectivity index (χ1v) is 5.26. The van der Waals surface area contributed by atoms with Crippen molar-refractivity contribution in [1.82, 2.24) is 9.36 Å². The molecule has 0 spiro atoms. The summed E-state index contributed by atoms with van der Waals surface area (Å²) in [4.78, 5) is 6.41. The number of hydrogen-bond acceptors (Lipinski definition) is 5. The predicted octanol–water partition coefficient (Wildman–Crippen LogP) is 1.10. The first kappa shape index (κ1) is 10.4. The summed E-state index contributed by atoms with van der Waals surface area (Å²) in [7, 11) is 0. The van der Waals surface area contributed by atoms with Gasteiger partial charge in [0.2, 0.25) is 5.13 Å². The van der Waals surface area contributed by atoms with Gasteiger partial charge in [-0.15, -0.1) is 0 Å². The third-order valence-electron chi connectivity index (χ3n) is 1.82. The van der Waals surface area contributed by atoms with Crippen molar-refractivity contribution < 1.29 is 0 Å². The second-order valence-corrected chi connectivity index (χ2v) is 3.91. The third-order valence-corrected chi connectivity index (χ3v) is 2.52. The van der Waals surface area contributed by atoms with E-state index in [1.165, 1.54) is 11.5 Å². The number of anilines is 1. The molecule has 0 radical (unpaired) electrons. The normalized spacial score (nSPS) is 10.8. The lowest BCUT2D eigenvalue weighted by Crippen LogP contribution is -2.32. The minimum absolute atomic E-state index is 0.458. The first-order valence-electron chi connectivity index (χ1n) is 4.49. The zero-order chi connectivity index (χ0) is 9.68. The molecule has 0 amide bonds. The van der Waals surface area contributed by atoms with Crippen LogP contribution >= 0.6 is 11.5 Å². The van der Waals surface area contributed by atoms with Crippen LogP contribution in [0.15, 0.2) is 6.33 Å². The molecule has 74 valence electrons. The van der Waals surface area contributed by atoms with Crippen molar-refractivity contribution in [3.8, 4) is 0 Å². The number of hydrogen-bond donors (Lipinski definition) is 1. The molecule has 0 saturated heterocycles. The van der Waals surface area contributed by atoms with Crippen LogP contribution in [0.4, 0.5) is 5.13 Å². The van der Waals surface area contributed by atoms with Gasteiger partial charge in [-0.3, -0.25) is 0 Å². The summed E-state index contributed by atoms with van der Waals surface area (Å²) in [6, 6.07) is 0.458. The Balaban J connectivity index is 2.58. The maximum absolute atomic E-state index is 5.47. The summed E-state index contributed by atoms with van der Waals surface area (Å²) in [6.07, 6.45) is 2.59. The highest BCUT2D eigenvalue weighted by molar-refractivity contribution is 7.09. The Labute approximate surface area is 82.9 Å². The Kier molecular flexibility index (Phi) is 4.11. The molecule has 0 aliphatic carbocycles. The highest BCUT2D eigenvalue weighted by Gasteiger charge is 2.12. The molecular formula is C8H16N4S. The highest BCUT2D eigenvalue weighted by Crippen LogP contribution is 2.17. The molecule has 0 atom stereocenters. The van der Waals surface area contributed by atoms with Gasteiger partial charge in [-0.2, -0.15) is 4.37 Å². The van der Waals surface area contributed by atoms with Crippen LogP contribution in [-0.4, -0.2) is 28.5 Å². The largest absolute Gasteiger partial charge is 0.344 e. The lowest BCUT2D eigenvalue weighted by Gasteiger charge is -2.25. The Bertz CT molecular complexity index is 222. The average molecular weight is 200 g/mol. The Morgan fingerprint density at radius 2 is 2.38 bits per heavy atom. The van der Waals surface area contributed by atoms with Crippen LogP contribution < -0.4 is 10.6 Å². The van der Waals surface area contributed by atoms with E-state index in [1.807, 2.05) is 0 Å². The Morgan fingerprint density at radius 1 is 1.62 bits per heavy atom. The number of rotatable bonds is 5. The Morgan fingerprint density at radius 3 is 2.85 bits per heavy atom. The predicted molar refractivity (Wildman–Crippen MR) is 56.1 cm³/mol. The van der Waals surface area contributed by atoms with Crippen LogP contribution in [-0.2, 0) is 0 Å². The van der Waals surface area contributed by atoms with Gasteiger partial charge < -0.3 is 10.6 Å². The van der Waals surface area contributed by atoms with Gasteiger partial charge in [0.1, 0.15) is 6.33 Å². The lowest BCUT2D eigenvalue weighted by molar-refractivity contribution is 0.655. The van der Waals surface area contributed by atoms with Crippen molar-refractivity contribution >= 4 is 16.7 Å². The quantitative estimate of drug-likeness (QED) is 0.773. The molecule has 1 aromatic heterocycles. The van der Waals surface area contributed by atoms with Crippen LogP contribution in [0.5, 0.6) is 0 Å². The zero-order valence-electron chi connectivity index (χ0n) is 8.10. The van der Waals surface area contributed by atoms with Gasteiger partial charge in [0.05, 0.1) is 0 Å². The molecule has 2 N–H and O–H groups in total. The molecule has 4 nitrogen and oxygen atoms in total. The molecule has 1 rings (SSSR count). The SMILES string of the molecule is CC(C)N(CCCN)c1ncns1. The van der Waals surface area contributed by atoms with Gasteiger partial charge in [-0.1, -0.05) is 0 Å². The highest BCUT2D eigenvalue weighted by atomic mass is 32.1. The van der Waals surface area contributed by atoms with Crippen molar-refractivity contribution in [2.75, 3.05) is 18.0 Å². The molecule has 1 aromatic rings. The van der Waals surface area contributed by atoms with Gasteiger partial charge in [0.25, 0.3) is 0 Å². The molecule has 0 bridgehead atoms. The van der Waals surface area contributed by atoms with Gasteiger partial charge in [-0.05, 0) is 26.8 Å². The molecule has 0 fully saturated rings. The van der Waals surface area contributed by atoms with Crippen LogP contribution in [0.3, 0.4) is 0 Å². The van der Waals surface area contributed by atoms with E-state index in [2.05, 4.69) is 28.1 Å². The molecule has 0 unspecified atom stereocenters. The maximum Gasteiger partial charge on any atom is 0.205 e. The summed E-state index contributed by atoms with van der Waals surface area (Å²) in [5.74, 6) is 0. The lowest BCUT2D eigenvalue weighted by atomic mass is 10.3. The summed E-state index contributed by atoms with van der Waals surface area (Å²) in [6.45, 7) is 5.99. The monoisotopic (exact) mass is 200 g/mol. The second-order valence-electron chi connectivity index (χ2n) is 3.15. The summed E-state index contributed by atoms with van der Waals surface area (Å²) in [5.41, 5.74) is 5.47. The fourth-order valence-electron chi connectivity index (χ4n) is 1.13. The van der Waals surface area contributed by atoms with Crippen molar-refractivity contribution in [3.63, 3.8) is 0 Å². The van der Waals surface area contributed by atoms with E-state index in [4.69, 9.17) is 5.73 Å². The van der Waals surface area contributed by atoms with E-state index >= 15 is 0 Å². The third kappa shape index (κ3) is 2.93. The molecule has 13 heavy (non-hydrogen) atoms. The van der Waals surface area contributed by atoms with Gasteiger partial charge >= 0.3 is 0 Å². The average Bonchev–Trinajstić information content (AvgIpc) is 2.57. The fraction of sp³-hybridized carbons (Fsp3) is 0.750. The molecule has 1 heterocycles. The summed E-state index contributed by atoms with van der Waals surface area (Å²) >= 11 is 1.43. The van der Waals surface area contributed by atoms with Gasteiger partial charge in [0, 0.05) is 24.1 Å². The van der Waals surface area contributed by atoms with E-state index in [0.717, 1.165) is 24.6 Å². The van der Waals surface area contributed by atoms with Gasteiger partial charge in [-0.25, -0.2) is 4.98 Å². The van der Waals surface area contributed by atoms with Gasteiger partial charge in [0.15, 0.2) is 0 Å². The van der Waals surface area contributed by atoms with Crippen molar-refractivity contribution in [1.29, 1.82) is 0 Å². The second kappa shape index (κ2) is 5.14. The Hall–Kier alpha value is -0.680.